The van der Waals surface area contributed by atoms with Crippen LogP contribution in [0.1, 0.15) is 20.8 Å². The van der Waals surface area contributed by atoms with Gasteiger partial charge in [-0.3, -0.25) is 0 Å². The van der Waals surface area contributed by atoms with Crippen molar-refractivity contribution < 1.29 is 14.2 Å². The van der Waals surface area contributed by atoms with Gasteiger partial charge in [0.05, 0.1) is 0 Å². The first-order chi connectivity index (χ1) is 6.13. The molecule has 0 atom stereocenters. The van der Waals surface area contributed by atoms with Crippen molar-refractivity contribution >= 4 is 8.80 Å². The maximum Gasteiger partial charge on any atom is 0.253 e. The maximum absolute atomic E-state index is 5.57. The highest BCUT2D eigenvalue weighted by Gasteiger charge is 2.37. The van der Waals surface area contributed by atoms with Crippen molar-refractivity contribution in [2.75, 3.05) is 19.8 Å². The van der Waals surface area contributed by atoms with Crippen molar-refractivity contribution in [3.8, 4) is 0 Å². The van der Waals surface area contributed by atoms with Crippen LogP contribution in [-0.4, -0.2) is 34.2 Å². The molecule has 0 fully saturated rings. The van der Waals surface area contributed by atoms with Gasteiger partial charge in [-0.25, -0.2) is 0 Å². The smallest absolute Gasteiger partial charge is 0.253 e. The van der Waals surface area contributed by atoms with Gasteiger partial charge in [0, 0.05) is 19.8 Å². The van der Waals surface area contributed by atoms with Gasteiger partial charge in [-0.1, -0.05) is 13.1 Å². The maximum atomic E-state index is 5.57. The summed E-state index contributed by atoms with van der Waals surface area (Å²) in [5.74, 6) is 0. The summed E-state index contributed by atoms with van der Waals surface area (Å²) >= 11 is 0. The minimum Gasteiger partial charge on any atom is -0.332 e. The van der Waals surface area contributed by atoms with Crippen molar-refractivity contribution in [2.45, 2.75) is 39.5 Å². The lowest BCUT2D eigenvalue weighted by Crippen LogP contribution is -2.50. The first-order valence-corrected chi connectivity index (χ1v) is 7.35. The molecular formula is C9H21O3Si. The molecule has 0 saturated carbocycles. The zero-order chi connectivity index (χ0) is 10.3. The molecule has 0 unspecified atom stereocenters. The van der Waals surface area contributed by atoms with E-state index < -0.39 is 14.4 Å². The molecule has 0 aliphatic carbocycles. The van der Waals surface area contributed by atoms with Crippen LogP contribution in [-0.2, 0) is 14.2 Å². The zero-order valence-corrected chi connectivity index (χ0v) is 10.3. The zero-order valence-electron chi connectivity index (χ0n) is 9.35. The molecule has 0 amide bonds. The molecule has 3 nitrogen and oxygen atoms in total. The van der Waals surface area contributed by atoms with E-state index in [4.69, 9.17) is 14.2 Å². The van der Waals surface area contributed by atoms with Gasteiger partial charge in [0.1, 0.15) is 0 Å². The van der Waals surface area contributed by atoms with Crippen LogP contribution in [0.2, 0.25) is 13.1 Å². The molecule has 13 heavy (non-hydrogen) atoms. The molecule has 0 bridgehead atoms. The third-order valence-corrected chi connectivity index (χ3v) is 3.27. The quantitative estimate of drug-likeness (QED) is 0.470. The van der Waals surface area contributed by atoms with Gasteiger partial charge < -0.3 is 14.2 Å². The van der Waals surface area contributed by atoms with Crippen molar-refractivity contribution in [3.05, 3.63) is 0 Å². The Balaban J connectivity index is 4.38. The van der Waals surface area contributed by atoms with Crippen LogP contribution in [0.3, 0.4) is 0 Å². The van der Waals surface area contributed by atoms with Crippen LogP contribution >= 0.6 is 0 Å². The van der Waals surface area contributed by atoms with E-state index in [2.05, 4.69) is 13.1 Å². The SMILES string of the molecule is CCOC(OCC)(OCC)[Si](C)C. The van der Waals surface area contributed by atoms with Gasteiger partial charge in [0.15, 0.2) is 8.80 Å². The average molecular weight is 205 g/mol. The van der Waals surface area contributed by atoms with E-state index in [1.165, 1.54) is 0 Å². The summed E-state index contributed by atoms with van der Waals surface area (Å²) in [4.78, 5) is 0. The Morgan fingerprint density at radius 2 is 1.15 bits per heavy atom. The van der Waals surface area contributed by atoms with Crippen LogP contribution in [0, 0.1) is 0 Å². The molecule has 4 heteroatoms. The van der Waals surface area contributed by atoms with Gasteiger partial charge in [-0.15, -0.1) is 0 Å². The molecule has 0 aliphatic heterocycles. The third-order valence-electron chi connectivity index (χ3n) is 1.62. The lowest BCUT2D eigenvalue weighted by Gasteiger charge is -2.35. The fraction of sp³-hybridized carbons (Fsp3) is 1.00. The second-order valence-corrected chi connectivity index (χ2v) is 5.47. The summed E-state index contributed by atoms with van der Waals surface area (Å²) in [6, 6.07) is 0. The molecule has 0 aromatic carbocycles. The predicted octanol–water partition coefficient (Wildman–Crippen LogP) is 2.04. The second kappa shape index (κ2) is 6.54. The number of rotatable bonds is 7. The summed E-state index contributed by atoms with van der Waals surface area (Å²) in [6.07, 6.45) is 0. The lowest BCUT2D eigenvalue weighted by molar-refractivity contribution is -0.325. The molecule has 0 aliphatic rings. The Labute approximate surface area is 83.0 Å². The van der Waals surface area contributed by atoms with E-state index in [0.717, 1.165) is 0 Å². The Morgan fingerprint density at radius 1 is 0.846 bits per heavy atom. The Kier molecular flexibility index (Phi) is 6.58. The lowest BCUT2D eigenvalue weighted by atomic mass is 10.8. The summed E-state index contributed by atoms with van der Waals surface area (Å²) in [5.41, 5.74) is -0.747. The number of hydrogen-bond donors (Lipinski definition) is 0. The van der Waals surface area contributed by atoms with Crippen molar-refractivity contribution in [1.29, 1.82) is 0 Å². The summed E-state index contributed by atoms with van der Waals surface area (Å²) in [5, 5.41) is 0. The Bertz CT molecular complexity index is 111. The molecule has 0 N–H and O–H groups in total. The summed E-state index contributed by atoms with van der Waals surface area (Å²) < 4.78 is 16.7. The third kappa shape index (κ3) is 3.77. The summed E-state index contributed by atoms with van der Waals surface area (Å²) in [6.45, 7) is 12.0. The van der Waals surface area contributed by atoms with Crippen LogP contribution in [0.25, 0.3) is 0 Å². The molecule has 0 aromatic rings. The highest BCUT2D eigenvalue weighted by Crippen LogP contribution is 2.19. The van der Waals surface area contributed by atoms with Crippen LogP contribution in [0.4, 0.5) is 0 Å². The number of ether oxygens (including phenoxy) is 3. The molecule has 1 radical (unpaired) electrons. The first kappa shape index (κ1) is 13.1. The van der Waals surface area contributed by atoms with E-state index in [0.29, 0.717) is 19.8 Å². The van der Waals surface area contributed by atoms with Gasteiger partial charge in [-0.2, -0.15) is 0 Å². The fourth-order valence-corrected chi connectivity index (χ4v) is 2.43. The fourth-order valence-electron chi connectivity index (χ4n) is 1.13. The molecule has 0 aromatic heterocycles. The standard InChI is InChI=1S/C9H21O3Si/c1-6-10-9(11-7-2,12-8-3)13(4)5/h6-8H2,1-5H3. The second-order valence-electron chi connectivity index (χ2n) is 2.86. The highest BCUT2D eigenvalue weighted by molar-refractivity contribution is 6.58. The van der Waals surface area contributed by atoms with Crippen molar-refractivity contribution in [3.63, 3.8) is 0 Å². The van der Waals surface area contributed by atoms with E-state index in [1.54, 1.807) is 0 Å². The minimum absolute atomic E-state index is 0.621. The van der Waals surface area contributed by atoms with Gasteiger partial charge in [-0.05, 0) is 20.8 Å². The van der Waals surface area contributed by atoms with Gasteiger partial charge in [0.2, 0.25) is 0 Å². The van der Waals surface area contributed by atoms with Crippen molar-refractivity contribution in [1.82, 2.24) is 0 Å². The highest BCUT2D eigenvalue weighted by atomic mass is 28.3. The normalized spacial score (nSPS) is 12.5. The molecule has 0 rings (SSSR count). The number of hydrogen-bond acceptors (Lipinski definition) is 3. The Morgan fingerprint density at radius 3 is 1.31 bits per heavy atom. The summed E-state index contributed by atoms with van der Waals surface area (Å²) in [7, 11) is -0.787. The van der Waals surface area contributed by atoms with E-state index in [-0.39, 0.29) is 0 Å². The minimum atomic E-state index is -0.787. The molecule has 79 valence electrons. The Hall–Kier alpha value is 0.0969. The average Bonchev–Trinajstić information content (AvgIpc) is 2.05. The monoisotopic (exact) mass is 205 g/mol. The largest absolute Gasteiger partial charge is 0.332 e. The topological polar surface area (TPSA) is 27.7 Å². The molecular weight excluding hydrogens is 184 g/mol. The van der Waals surface area contributed by atoms with Crippen LogP contribution in [0.5, 0.6) is 0 Å². The molecule has 0 saturated heterocycles. The predicted molar refractivity (Wildman–Crippen MR) is 55.1 cm³/mol. The van der Waals surface area contributed by atoms with Crippen LogP contribution in [0.15, 0.2) is 0 Å². The van der Waals surface area contributed by atoms with Crippen LogP contribution < -0.4 is 0 Å². The van der Waals surface area contributed by atoms with Crippen molar-refractivity contribution in [2.24, 2.45) is 0 Å². The van der Waals surface area contributed by atoms with E-state index in [9.17, 15) is 0 Å². The van der Waals surface area contributed by atoms with Gasteiger partial charge >= 0.3 is 0 Å². The van der Waals surface area contributed by atoms with Gasteiger partial charge in [0.25, 0.3) is 5.60 Å². The first-order valence-electron chi connectivity index (χ1n) is 4.85. The van der Waals surface area contributed by atoms with E-state index in [1.807, 2.05) is 20.8 Å². The molecule has 0 heterocycles. The van der Waals surface area contributed by atoms with E-state index >= 15 is 0 Å². The molecule has 0 spiro atoms.